The molecule has 4 heteroatoms. The third kappa shape index (κ3) is 1.99. The fraction of sp³-hybridized carbons (Fsp3) is 0.214. The van der Waals surface area contributed by atoms with Crippen LogP contribution in [0.4, 0.5) is 0 Å². The molecule has 0 fully saturated rings. The van der Waals surface area contributed by atoms with Crippen molar-refractivity contribution in [2.45, 2.75) is 20.1 Å². The number of hydrogen-bond donors (Lipinski definition) is 0. The predicted molar refractivity (Wildman–Crippen MR) is 72.4 cm³/mol. The van der Waals surface area contributed by atoms with Crippen LogP contribution < -0.4 is 0 Å². The van der Waals surface area contributed by atoms with Gasteiger partial charge < -0.3 is 4.74 Å². The molecule has 0 unspecified atom stereocenters. The Morgan fingerprint density at radius 2 is 2.06 bits per heavy atom. The molecule has 0 atom stereocenters. The van der Waals surface area contributed by atoms with E-state index in [1.807, 2.05) is 31.2 Å². The average Bonchev–Trinajstić information content (AvgIpc) is 2.95. The van der Waals surface area contributed by atoms with Crippen molar-refractivity contribution >= 4 is 28.7 Å². The number of benzene rings is 1. The first-order chi connectivity index (χ1) is 8.65. The van der Waals surface area contributed by atoms with E-state index in [-0.39, 0.29) is 5.78 Å². The highest BCUT2D eigenvalue weighted by Crippen LogP contribution is 2.29. The van der Waals surface area contributed by atoms with Crippen molar-refractivity contribution in [3.8, 4) is 0 Å². The van der Waals surface area contributed by atoms with Crippen LogP contribution in [0.25, 0.3) is 0 Å². The molecule has 0 spiro atoms. The summed E-state index contributed by atoms with van der Waals surface area (Å²) >= 11 is 7.34. The maximum absolute atomic E-state index is 12.3. The minimum atomic E-state index is 0.0321. The fourth-order valence-corrected chi connectivity index (χ4v) is 3.19. The number of carbonyl (C=O) groups excluding carboxylic acids is 1. The summed E-state index contributed by atoms with van der Waals surface area (Å²) in [4.78, 5) is 13.0. The molecule has 1 aromatic heterocycles. The Balaban J connectivity index is 1.97. The maximum Gasteiger partial charge on any atom is 0.203 e. The first-order valence-electron chi connectivity index (χ1n) is 5.65. The van der Waals surface area contributed by atoms with Crippen LogP contribution in [0.3, 0.4) is 0 Å². The molecule has 1 aliphatic heterocycles. The quantitative estimate of drug-likeness (QED) is 0.777. The van der Waals surface area contributed by atoms with Crippen LogP contribution in [0.5, 0.6) is 0 Å². The lowest BCUT2D eigenvalue weighted by atomic mass is 10.0. The smallest absolute Gasteiger partial charge is 0.203 e. The molecule has 2 aromatic rings. The van der Waals surface area contributed by atoms with Crippen molar-refractivity contribution in [3.63, 3.8) is 0 Å². The van der Waals surface area contributed by atoms with E-state index < -0.39 is 0 Å². The van der Waals surface area contributed by atoms with E-state index >= 15 is 0 Å². The lowest BCUT2D eigenvalue weighted by Crippen LogP contribution is -1.99. The van der Waals surface area contributed by atoms with E-state index in [2.05, 4.69) is 0 Å². The number of halogens is 1. The minimum absolute atomic E-state index is 0.0321. The van der Waals surface area contributed by atoms with Gasteiger partial charge in [-0.25, -0.2) is 0 Å². The maximum atomic E-state index is 12.3. The number of ether oxygens (including phenoxy) is 1. The summed E-state index contributed by atoms with van der Waals surface area (Å²) < 4.78 is 6.03. The number of thiophene rings is 1. The Hall–Kier alpha value is -1.16. The third-order valence-corrected chi connectivity index (χ3v) is 4.62. The number of aryl methyl sites for hydroxylation is 1. The van der Waals surface area contributed by atoms with Gasteiger partial charge in [0.2, 0.25) is 5.78 Å². The third-order valence-electron chi connectivity index (χ3n) is 3.06. The van der Waals surface area contributed by atoms with E-state index in [0.717, 1.165) is 11.1 Å². The molecular weight excluding hydrogens is 268 g/mol. The fourth-order valence-electron chi connectivity index (χ4n) is 2.03. The van der Waals surface area contributed by atoms with Crippen molar-refractivity contribution < 1.29 is 9.53 Å². The molecular formula is C14H11ClO2S. The molecule has 3 rings (SSSR count). The minimum Gasteiger partial charge on any atom is -0.372 e. The number of hydrogen-bond acceptors (Lipinski definition) is 3. The van der Waals surface area contributed by atoms with E-state index in [1.54, 1.807) is 0 Å². The Labute approximate surface area is 114 Å². The first kappa shape index (κ1) is 11.9. The normalized spacial score (nSPS) is 13.7. The van der Waals surface area contributed by atoms with Crippen LogP contribution in [0.1, 0.15) is 31.9 Å². The zero-order valence-electron chi connectivity index (χ0n) is 9.83. The number of fused-ring (bicyclic) bond motifs is 1. The Bertz CT molecular complexity index is 611. The van der Waals surface area contributed by atoms with Crippen molar-refractivity contribution in [2.24, 2.45) is 0 Å². The van der Waals surface area contributed by atoms with Crippen LogP contribution in [-0.2, 0) is 18.0 Å². The largest absolute Gasteiger partial charge is 0.372 e. The van der Waals surface area contributed by atoms with Gasteiger partial charge in [0.05, 0.1) is 22.4 Å². The van der Waals surface area contributed by atoms with Gasteiger partial charge in [-0.05, 0) is 35.7 Å². The van der Waals surface area contributed by atoms with Crippen LogP contribution in [-0.4, -0.2) is 5.78 Å². The summed E-state index contributed by atoms with van der Waals surface area (Å²) in [7, 11) is 0. The van der Waals surface area contributed by atoms with Gasteiger partial charge in [0.25, 0.3) is 0 Å². The molecule has 2 nitrogen and oxygen atoms in total. The van der Waals surface area contributed by atoms with Crippen LogP contribution >= 0.6 is 22.9 Å². The highest BCUT2D eigenvalue weighted by Gasteiger charge is 2.17. The van der Waals surface area contributed by atoms with Gasteiger partial charge in [-0.2, -0.15) is 0 Å². The van der Waals surface area contributed by atoms with E-state index in [1.165, 1.54) is 16.9 Å². The summed E-state index contributed by atoms with van der Waals surface area (Å²) in [6.45, 7) is 3.15. The molecule has 0 N–H and O–H groups in total. The zero-order chi connectivity index (χ0) is 12.7. The summed E-state index contributed by atoms with van der Waals surface area (Å²) in [5.41, 5.74) is 3.94. The van der Waals surface area contributed by atoms with E-state index in [4.69, 9.17) is 16.3 Å². The van der Waals surface area contributed by atoms with Crippen molar-refractivity contribution in [2.75, 3.05) is 0 Å². The molecule has 92 valence electrons. The van der Waals surface area contributed by atoms with Gasteiger partial charge in [0.1, 0.15) is 0 Å². The molecule has 1 aromatic carbocycles. The number of ketones is 1. The first-order valence-corrected chi connectivity index (χ1v) is 6.85. The van der Waals surface area contributed by atoms with E-state index in [9.17, 15) is 4.79 Å². The monoisotopic (exact) mass is 278 g/mol. The lowest BCUT2D eigenvalue weighted by molar-refractivity contribution is 0.104. The van der Waals surface area contributed by atoms with Gasteiger partial charge in [0, 0.05) is 5.56 Å². The van der Waals surface area contributed by atoms with Crippen molar-refractivity contribution in [1.82, 2.24) is 0 Å². The number of carbonyl (C=O) groups is 1. The van der Waals surface area contributed by atoms with E-state index in [0.29, 0.717) is 28.0 Å². The summed E-state index contributed by atoms with van der Waals surface area (Å²) in [6, 6.07) is 7.60. The molecule has 0 saturated carbocycles. The highest BCUT2D eigenvalue weighted by molar-refractivity contribution is 7.18. The Morgan fingerprint density at radius 3 is 2.78 bits per heavy atom. The van der Waals surface area contributed by atoms with Gasteiger partial charge >= 0.3 is 0 Å². The van der Waals surface area contributed by atoms with Crippen LogP contribution in [0.2, 0.25) is 4.34 Å². The summed E-state index contributed by atoms with van der Waals surface area (Å²) in [5, 5.41) is 0. The van der Waals surface area contributed by atoms with Gasteiger partial charge in [-0.1, -0.05) is 23.7 Å². The van der Waals surface area contributed by atoms with Crippen molar-refractivity contribution in [3.05, 3.63) is 55.7 Å². The molecule has 0 amide bonds. The van der Waals surface area contributed by atoms with Gasteiger partial charge in [-0.3, -0.25) is 4.79 Å². The Kier molecular flexibility index (Phi) is 2.98. The second-order valence-corrected chi connectivity index (χ2v) is 6.03. The molecule has 1 aliphatic rings. The Morgan fingerprint density at radius 1 is 1.28 bits per heavy atom. The summed E-state index contributed by atoms with van der Waals surface area (Å²) in [5.74, 6) is 0.0321. The zero-order valence-corrected chi connectivity index (χ0v) is 11.4. The second kappa shape index (κ2) is 4.50. The van der Waals surface area contributed by atoms with Crippen LogP contribution in [0.15, 0.2) is 24.3 Å². The van der Waals surface area contributed by atoms with Gasteiger partial charge in [0.15, 0.2) is 0 Å². The number of rotatable bonds is 2. The topological polar surface area (TPSA) is 26.3 Å². The SMILES string of the molecule is Cc1cc(C(=O)c2ccc3c(c2)COC3)sc1Cl. The van der Waals surface area contributed by atoms with Crippen molar-refractivity contribution in [1.29, 1.82) is 0 Å². The molecule has 0 radical (unpaired) electrons. The highest BCUT2D eigenvalue weighted by atomic mass is 35.5. The van der Waals surface area contributed by atoms with Crippen LogP contribution in [0, 0.1) is 6.92 Å². The molecule has 0 saturated heterocycles. The predicted octanol–water partition coefficient (Wildman–Crippen LogP) is 3.97. The second-order valence-electron chi connectivity index (χ2n) is 4.37. The summed E-state index contributed by atoms with van der Waals surface area (Å²) in [6.07, 6.45) is 0. The molecule has 18 heavy (non-hydrogen) atoms. The molecule has 0 bridgehead atoms. The molecule has 2 heterocycles. The average molecular weight is 279 g/mol. The van der Waals surface area contributed by atoms with Gasteiger partial charge in [-0.15, -0.1) is 11.3 Å². The molecule has 0 aliphatic carbocycles. The standard InChI is InChI=1S/C14H11ClO2S/c1-8-4-12(18-14(8)15)13(16)9-2-3-10-6-17-7-11(10)5-9/h2-5H,6-7H2,1H3. The lowest BCUT2D eigenvalue weighted by Gasteiger charge is -2.01.